The van der Waals surface area contributed by atoms with Crippen LogP contribution in [0.3, 0.4) is 0 Å². The lowest BCUT2D eigenvalue weighted by molar-refractivity contribution is 0.283. The molecule has 0 rings (SSSR count). The Morgan fingerprint density at radius 2 is 2.27 bits per heavy atom. The van der Waals surface area contributed by atoms with E-state index in [9.17, 15) is 4.57 Å². The molecular formula is C8H17O2P. The molecule has 0 amide bonds. The van der Waals surface area contributed by atoms with Gasteiger partial charge in [0.1, 0.15) is 0 Å². The van der Waals surface area contributed by atoms with Gasteiger partial charge in [-0.2, -0.15) is 0 Å². The maximum atomic E-state index is 11.0. The van der Waals surface area contributed by atoms with E-state index in [4.69, 9.17) is 4.52 Å². The third-order valence-electron chi connectivity index (χ3n) is 1.13. The summed E-state index contributed by atoms with van der Waals surface area (Å²) in [5.74, 6) is 0.465. The molecule has 1 atom stereocenters. The van der Waals surface area contributed by atoms with Crippen molar-refractivity contribution in [3.8, 4) is 0 Å². The Morgan fingerprint density at radius 1 is 1.64 bits per heavy atom. The molecular weight excluding hydrogens is 159 g/mol. The fourth-order valence-corrected chi connectivity index (χ4v) is 1.66. The monoisotopic (exact) mass is 176 g/mol. The zero-order chi connectivity index (χ0) is 8.69. The maximum absolute atomic E-state index is 11.0. The van der Waals surface area contributed by atoms with Gasteiger partial charge in [0.2, 0.25) is 0 Å². The first-order valence-corrected chi connectivity index (χ1v) is 5.45. The second kappa shape index (κ2) is 6.63. The van der Waals surface area contributed by atoms with Crippen LogP contribution in [-0.4, -0.2) is 12.8 Å². The number of allylic oxidation sites excluding steroid dienone is 1. The Labute approximate surface area is 69.5 Å². The molecule has 0 heterocycles. The van der Waals surface area contributed by atoms with E-state index >= 15 is 0 Å². The molecule has 11 heavy (non-hydrogen) atoms. The standard InChI is InChI=1S/C8H17O2P/c1-4-5-6-11(9)10-7-8(2)3/h4,8,11H,1,5-7H2,2-3H3. The van der Waals surface area contributed by atoms with Crippen LogP contribution in [0.25, 0.3) is 0 Å². The maximum Gasteiger partial charge on any atom is 0.191 e. The first kappa shape index (κ1) is 10.9. The minimum atomic E-state index is -1.77. The van der Waals surface area contributed by atoms with E-state index in [0.717, 1.165) is 6.42 Å². The number of hydrogen-bond donors (Lipinski definition) is 0. The Morgan fingerprint density at radius 3 is 2.73 bits per heavy atom. The molecule has 0 radical (unpaired) electrons. The summed E-state index contributed by atoms with van der Waals surface area (Å²) in [6.07, 6.45) is 3.19. The minimum absolute atomic E-state index is 0.465. The first-order chi connectivity index (χ1) is 5.16. The summed E-state index contributed by atoms with van der Waals surface area (Å²) in [6, 6.07) is 0. The Kier molecular flexibility index (Phi) is 6.59. The van der Waals surface area contributed by atoms with E-state index in [0.29, 0.717) is 18.7 Å². The second-order valence-electron chi connectivity index (χ2n) is 2.90. The highest BCUT2D eigenvalue weighted by molar-refractivity contribution is 7.39. The smallest absolute Gasteiger partial charge is 0.191 e. The lowest BCUT2D eigenvalue weighted by atomic mass is 10.2. The SMILES string of the molecule is C=CCC[PH](=O)OCC(C)C. The fraction of sp³-hybridized carbons (Fsp3) is 0.750. The predicted octanol–water partition coefficient (Wildman–Crippen LogP) is 2.71. The highest BCUT2D eigenvalue weighted by atomic mass is 31.1. The van der Waals surface area contributed by atoms with Gasteiger partial charge in [0.05, 0.1) is 6.61 Å². The quantitative estimate of drug-likeness (QED) is 0.459. The molecule has 0 aliphatic carbocycles. The molecule has 0 aromatic carbocycles. The van der Waals surface area contributed by atoms with Gasteiger partial charge in [0.25, 0.3) is 0 Å². The summed E-state index contributed by atoms with van der Waals surface area (Å²) in [5.41, 5.74) is 0. The van der Waals surface area contributed by atoms with Crippen molar-refractivity contribution < 1.29 is 9.09 Å². The molecule has 66 valence electrons. The van der Waals surface area contributed by atoms with E-state index in [1.807, 2.05) is 13.8 Å². The second-order valence-corrected chi connectivity index (χ2v) is 4.44. The van der Waals surface area contributed by atoms with Crippen molar-refractivity contribution in [2.24, 2.45) is 5.92 Å². The van der Waals surface area contributed by atoms with Gasteiger partial charge in [-0.25, -0.2) is 0 Å². The largest absolute Gasteiger partial charge is 0.330 e. The zero-order valence-corrected chi connectivity index (χ0v) is 8.30. The van der Waals surface area contributed by atoms with E-state index < -0.39 is 8.03 Å². The minimum Gasteiger partial charge on any atom is -0.330 e. The van der Waals surface area contributed by atoms with Gasteiger partial charge in [-0.3, -0.25) is 4.57 Å². The molecule has 0 aromatic heterocycles. The molecule has 0 N–H and O–H groups in total. The summed E-state index contributed by atoms with van der Waals surface area (Å²) in [5, 5.41) is 0. The van der Waals surface area contributed by atoms with Crippen LogP contribution >= 0.6 is 8.03 Å². The normalized spacial score (nSPS) is 13.4. The van der Waals surface area contributed by atoms with E-state index in [1.54, 1.807) is 6.08 Å². The van der Waals surface area contributed by atoms with Crippen molar-refractivity contribution >= 4 is 8.03 Å². The first-order valence-electron chi connectivity index (χ1n) is 3.93. The van der Waals surface area contributed by atoms with Crippen LogP contribution < -0.4 is 0 Å². The summed E-state index contributed by atoms with van der Waals surface area (Å²) in [6.45, 7) is 8.24. The van der Waals surface area contributed by atoms with Crippen molar-refractivity contribution in [3.63, 3.8) is 0 Å². The third kappa shape index (κ3) is 7.83. The van der Waals surface area contributed by atoms with Crippen LogP contribution in [0.5, 0.6) is 0 Å². The highest BCUT2D eigenvalue weighted by Gasteiger charge is 1.99. The summed E-state index contributed by atoms with van der Waals surface area (Å²) < 4.78 is 16.1. The Balaban J connectivity index is 3.29. The van der Waals surface area contributed by atoms with Crippen LogP contribution in [-0.2, 0) is 9.09 Å². The van der Waals surface area contributed by atoms with Gasteiger partial charge < -0.3 is 4.52 Å². The van der Waals surface area contributed by atoms with Crippen LogP contribution in [0.1, 0.15) is 20.3 Å². The third-order valence-corrected chi connectivity index (χ3v) is 2.32. The van der Waals surface area contributed by atoms with Gasteiger partial charge in [0, 0.05) is 6.16 Å². The number of rotatable bonds is 6. The van der Waals surface area contributed by atoms with Gasteiger partial charge in [-0.1, -0.05) is 19.9 Å². The van der Waals surface area contributed by atoms with Crippen LogP contribution in [0, 0.1) is 5.92 Å². The average Bonchev–Trinajstić information content (AvgIpc) is 1.97. The van der Waals surface area contributed by atoms with Crippen LogP contribution in [0.4, 0.5) is 0 Å². The van der Waals surface area contributed by atoms with Crippen LogP contribution in [0.15, 0.2) is 12.7 Å². The van der Waals surface area contributed by atoms with Gasteiger partial charge in [-0.15, -0.1) is 6.58 Å². The predicted molar refractivity (Wildman–Crippen MR) is 49.5 cm³/mol. The molecule has 2 nitrogen and oxygen atoms in total. The lowest BCUT2D eigenvalue weighted by Gasteiger charge is -2.04. The molecule has 0 aliphatic heterocycles. The molecule has 0 spiro atoms. The van der Waals surface area contributed by atoms with E-state index in [-0.39, 0.29) is 0 Å². The van der Waals surface area contributed by atoms with Crippen LogP contribution in [0.2, 0.25) is 0 Å². The van der Waals surface area contributed by atoms with Crippen molar-refractivity contribution in [1.82, 2.24) is 0 Å². The van der Waals surface area contributed by atoms with Crippen molar-refractivity contribution in [2.45, 2.75) is 20.3 Å². The lowest BCUT2D eigenvalue weighted by Crippen LogP contribution is -1.96. The van der Waals surface area contributed by atoms with Gasteiger partial charge in [-0.05, 0) is 12.3 Å². The van der Waals surface area contributed by atoms with Gasteiger partial charge >= 0.3 is 0 Å². The molecule has 0 saturated heterocycles. The van der Waals surface area contributed by atoms with E-state index in [1.165, 1.54) is 0 Å². The fourth-order valence-electron chi connectivity index (χ4n) is 0.552. The topological polar surface area (TPSA) is 26.3 Å². The molecule has 3 heteroatoms. The average molecular weight is 176 g/mol. The van der Waals surface area contributed by atoms with E-state index in [2.05, 4.69) is 6.58 Å². The highest BCUT2D eigenvalue weighted by Crippen LogP contribution is 2.23. The molecule has 1 unspecified atom stereocenters. The Hall–Kier alpha value is -0.0700. The molecule has 0 fully saturated rings. The summed E-state index contributed by atoms with van der Waals surface area (Å²) in [7, 11) is -1.77. The van der Waals surface area contributed by atoms with Crippen molar-refractivity contribution in [3.05, 3.63) is 12.7 Å². The molecule has 0 saturated carbocycles. The zero-order valence-electron chi connectivity index (χ0n) is 7.30. The number of hydrogen-bond acceptors (Lipinski definition) is 2. The molecule has 0 aromatic rings. The Bertz CT molecular complexity index is 132. The van der Waals surface area contributed by atoms with Crippen molar-refractivity contribution in [2.75, 3.05) is 12.8 Å². The summed E-state index contributed by atoms with van der Waals surface area (Å²) in [4.78, 5) is 0. The molecule has 0 aliphatic rings. The van der Waals surface area contributed by atoms with Gasteiger partial charge in [0.15, 0.2) is 8.03 Å². The molecule has 0 bridgehead atoms. The summed E-state index contributed by atoms with van der Waals surface area (Å²) >= 11 is 0. The van der Waals surface area contributed by atoms with Crippen molar-refractivity contribution in [1.29, 1.82) is 0 Å².